The average Bonchev–Trinajstić information content (AvgIpc) is 2.32. The minimum absolute atomic E-state index is 0.0271. The van der Waals surface area contributed by atoms with Gasteiger partial charge in [-0.15, -0.1) is 0 Å². The van der Waals surface area contributed by atoms with E-state index >= 15 is 0 Å². The molecule has 86 valence electrons. The first-order valence-corrected chi connectivity index (χ1v) is 5.94. The summed E-state index contributed by atoms with van der Waals surface area (Å²) in [6.07, 6.45) is 2.09. The van der Waals surface area contributed by atoms with E-state index in [1.807, 2.05) is 0 Å². The fourth-order valence-electron chi connectivity index (χ4n) is 1.27. The summed E-state index contributed by atoms with van der Waals surface area (Å²) in [6.45, 7) is 0. The first-order chi connectivity index (χ1) is 8.22. The van der Waals surface area contributed by atoms with Crippen LogP contribution in [0.25, 0.3) is 0 Å². The Kier molecular flexibility index (Phi) is 3.76. The lowest BCUT2D eigenvalue weighted by atomic mass is 10.2. The van der Waals surface area contributed by atoms with E-state index in [9.17, 15) is 9.18 Å². The van der Waals surface area contributed by atoms with Crippen molar-refractivity contribution in [3.8, 4) is 0 Å². The van der Waals surface area contributed by atoms with Gasteiger partial charge in [0.2, 0.25) is 0 Å². The number of hydrogen-bond donors (Lipinski definition) is 0. The van der Waals surface area contributed by atoms with Gasteiger partial charge in [-0.1, -0.05) is 29.4 Å². The Bertz CT molecular complexity index is 562. The fraction of sp³-hybridized carbons (Fsp3) is 0. The number of pyridine rings is 1. The topological polar surface area (TPSA) is 30.0 Å². The molecule has 0 amide bonds. The van der Waals surface area contributed by atoms with Gasteiger partial charge in [0.15, 0.2) is 6.29 Å². The highest BCUT2D eigenvalue weighted by atomic mass is 35.5. The first-order valence-electron chi connectivity index (χ1n) is 4.74. The van der Waals surface area contributed by atoms with Gasteiger partial charge in [0.25, 0.3) is 0 Å². The summed E-state index contributed by atoms with van der Waals surface area (Å²) < 4.78 is 13.4. The monoisotopic (exact) mass is 267 g/mol. The van der Waals surface area contributed by atoms with Crippen molar-refractivity contribution in [1.82, 2.24) is 4.98 Å². The second-order valence-corrected chi connectivity index (χ2v) is 4.60. The number of nitrogens with zero attached hydrogens (tertiary/aromatic N) is 1. The third-order valence-electron chi connectivity index (χ3n) is 2.06. The zero-order valence-corrected chi connectivity index (χ0v) is 10.1. The van der Waals surface area contributed by atoms with Crippen LogP contribution in [0.15, 0.2) is 46.5 Å². The van der Waals surface area contributed by atoms with Gasteiger partial charge < -0.3 is 0 Å². The standard InChI is InChI=1S/C12H7ClFNOS/c13-9-3-2-6-15-12(9)17-11-5-1-4-10(14)8(11)7-16/h1-7H. The summed E-state index contributed by atoms with van der Waals surface area (Å²) in [7, 11) is 0. The zero-order chi connectivity index (χ0) is 12.3. The second kappa shape index (κ2) is 5.29. The van der Waals surface area contributed by atoms with Crippen LogP contribution in [0.2, 0.25) is 5.02 Å². The predicted molar refractivity (Wildman–Crippen MR) is 65.2 cm³/mol. The maximum Gasteiger partial charge on any atom is 0.154 e. The predicted octanol–water partition coefficient (Wildman–Crippen LogP) is 3.84. The number of carbonyl (C=O) groups is 1. The SMILES string of the molecule is O=Cc1c(F)cccc1Sc1ncccc1Cl. The molecule has 0 fully saturated rings. The lowest BCUT2D eigenvalue weighted by Crippen LogP contribution is -1.91. The average molecular weight is 268 g/mol. The Balaban J connectivity index is 2.40. The van der Waals surface area contributed by atoms with Gasteiger partial charge in [0.1, 0.15) is 10.8 Å². The molecular formula is C12H7ClFNOS. The van der Waals surface area contributed by atoms with E-state index in [1.54, 1.807) is 30.5 Å². The van der Waals surface area contributed by atoms with Crippen molar-refractivity contribution in [2.75, 3.05) is 0 Å². The van der Waals surface area contributed by atoms with Gasteiger partial charge >= 0.3 is 0 Å². The number of aldehydes is 1. The number of carbonyl (C=O) groups excluding carboxylic acids is 1. The summed E-state index contributed by atoms with van der Waals surface area (Å²) in [5.41, 5.74) is 0.0271. The Morgan fingerprint density at radius 3 is 2.82 bits per heavy atom. The molecule has 17 heavy (non-hydrogen) atoms. The Hall–Kier alpha value is -1.39. The van der Waals surface area contributed by atoms with E-state index in [4.69, 9.17) is 11.6 Å². The zero-order valence-electron chi connectivity index (χ0n) is 8.56. The van der Waals surface area contributed by atoms with E-state index in [2.05, 4.69) is 4.98 Å². The molecule has 0 atom stereocenters. The van der Waals surface area contributed by atoms with Crippen molar-refractivity contribution < 1.29 is 9.18 Å². The summed E-state index contributed by atoms with van der Waals surface area (Å²) in [4.78, 5) is 15.4. The maximum absolute atomic E-state index is 13.4. The quantitative estimate of drug-likeness (QED) is 0.792. The van der Waals surface area contributed by atoms with Gasteiger partial charge in [-0.3, -0.25) is 4.79 Å². The van der Waals surface area contributed by atoms with Crippen molar-refractivity contribution in [2.24, 2.45) is 0 Å². The van der Waals surface area contributed by atoms with Gasteiger partial charge in [0, 0.05) is 11.1 Å². The molecule has 1 aromatic heterocycles. The Morgan fingerprint density at radius 2 is 2.12 bits per heavy atom. The highest BCUT2D eigenvalue weighted by Gasteiger charge is 2.11. The van der Waals surface area contributed by atoms with Crippen LogP contribution in [0.3, 0.4) is 0 Å². The van der Waals surface area contributed by atoms with Gasteiger partial charge in [-0.2, -0.15) is 0 Å². The molecule has 0 bridgehead atoms. The minimum Gasteiger partial charge on any atom is -0.298 e. The van der Waals surface area contributed by atoms with Crippen LogP contribution < -0.4 is 0 Å². The third-order valence-corrected chi connectivity index (χ3v) is 3.57. The van der Waals surface area contributed by atoms with Crippen molar-refractivity contribution in [3.05, 3.63) is 52.9 Å². The molecule has 0 aliphatic heterocycles. The smallest absolute Gasteiger partial charge is 0.154 e. The van der Waals surface area contributed by atoms with E-state index in [-0.39, 0.29) is 5.56 Å². The number of hydrogen-bond acceptors (Lipinski definition) is 3. The highest BCUT2D eigenvalue weighted by molar-refractivity contribution is 7.99. The molecule has 0 spiro atoms. The van der Waals surface area contributed by atoms with Crippen LogP contribution in [0.4, 0.5) is 4.39 Å². The van der Waals surface area contributed by atoms with Gasteiger partial charge in [-0.05, 0) is 24.3 Å². The van der Waals surface area contributed by atoms with Crippen molar-refractivity contribution >= 4 is 29.6 Å². The normalized spacial score (nSPS) is 10.2. The molecule has 0 aliphatic rings. The highest BCUT2D eigenvalue weighted by Crippen LogP contribution is 2.33. The van der Waals surface area contributed by atoms with Crippen molar-refractivity contribution in [2.45, 2.75) is 9.92 Å². The van der Waals surface area contributed by atoms with Crippen LogP contribution in [0.5, 0.6) is 0 Å². The van der Waals surface area contributed by atoms with E-state index < -0.39 is 5.82 Å². The summed E-state index contributed by atoms with van der Waals surface area (Å²) in [5, 5.41) is 1.02. The van der Waals surface area contributed by atoms with Crippen molar-refractivity contribution in [1.29, 1.82) is 0 Å². The van der Waals surface area contributed by atoms with Crippen LogP contribution >= 0.6 is 23.4 Å². The lowest BCUT2D eigenvalue weighted by molar-refractivity contribution is 0.111. The van der Waals surface area contributed by atoms with E-state index in [1.165, 1.54) is 17.8 Å². The molecule has 0 N–H and O–H groups in total. The number of benzene rings is 1. The summed E-state index contributed by atoms with van der Waals surface area (Å²) in [5.74, 6) is -0.544. The molecule has 2 aromatic rings. The molecule has 1 heterocycles. The first kappa shape index (κ1) is 12.1. The molecule has 0 saturated carbocycles. The van der Waals surface area contributed by atoms with Crippen LogP contribution in [-0.4, -0.2) is 11.3 Å². The number of halogens is 2. The van der Waals surface area contributed by atoms with E-state index in [0.717, 1.165) is 0 Å². The fourth-order valence-corrected chi connectivity index (χ4v) is 2.40. The largest absolute Gasteiger partial charge is 0.298 e. The summed E-state index contributed by atoms with van der Waals surface area (Å²) >= 11 is 7.11. The second-order valence-electron chi connectivity index (χ2n) is 3.16. The minimum atomic E-state index is -0.544. The van der Waals surface area contributed by atoms with Crippen molar-refractivity contribution in [3.63, 3.8) is 0 Å². The maximum atomic E-state index is 13.4. The molecule has 5 heteroatoms. The van der Waals surface area contributed by atoms with Crippen LogP contribution in [0.1, 0.15) is 10.4 Å². The summed E-state index contributed by atoms with van der Waals surface area (Å²) in [6, 6.07) is 7.84. The molecule has 0 unspecified atom stereocenters. The Labute approximate surface area is 107 Å². The van der Waals surface area contributed by atoms with Crippen LogP contribution in [0, 0.1) is 5.82 Å². The van der Waals surface area contributed by atoms with Crippen LogP contribution in [-0.2, 0) is 0 Å². The van der Waals surface area contributed by atoms with Gasteiger partial charge in [-0.25, -0.2) is 9.37 Å². The molecule has 2 nitrogen and oxygen atoms in total. The lowest BCUT2D eigenvalue weighted by Gasteiger charge is -2.05. The molecule has 0 radical (unpaired) electrons. The number of rotatable bonds is 3. The molecular weight excluding hydrogens is 261 g/mol. The van der Waals surface area contributed by atoms with E-state index in [0.29, 0.717) is 21.2 Å². The molecule has 1 aromatic carbocycles. The molecule has 0 saturated heterocycles. The van der Waals surface area contributed by atoms with Gasteiger partial charge in [0.05, 0.1) is 10.6 Å². The molecule has 0 aliphatic carbocycles. The third kappa shape index (κ3) is 2.65. The number of aromatic nitrogens is 1. The Morgan fingerprint density at radius 1 is 1.29 bits per heavy atom. The molecule has 2 rings (SSSR count).